The lowest BCUT2D eigenvalue weighted by atomic mass is 9.98. The first-order valence-electron chi connectivity index (χ1n) is 8.34. The van der Waals surface area contributed by atoms with Gasteiger partial charge >= 0.3 is 0 Å². The zero-order valence-electron chi connectivity index (χ0n) is 13.3. The van der Waals surface area contributed by atoms with Crippen molar-refractivity contribution in [3.05, 3.63) is 24.2 Å². The summed E-state index contributed by atoms with van der Waals surface area (Å²) >= 11 is 0. The maximum atomic E-state index is 4.79. The van der Waals surface area contributed by atoms with Crippen LogP contribution in [0.1, 0.15) is 38.9 Å². The van der Waals surface area contributed by atoms with Crippen molar-refractivity contribution in [3.8, 4) is 0 Å². The van der Waals surface area contributed by atoms with E-state index in [1.165, 1.54) is 38.3 Å². The summed E-state index contributed by atoms with van der Waals surface area (Å²) in [5, 5.41) is 0. The van der Waals surface area contributed by atoms with E-state index < -0.39 is 0 Å². The zero-order valence-corrected chi connectivity index (χ0v) is 13.3. The van der Waals surface area contributed by atoms with Gasteiger partial charge in [-0.1, -0.05) is 13.8 Å². The summed E-state index contributed by atoms with van der Waals surface area (Å²) in [4.78, 5) is 11.9. The van der Waals surface area contributed by atoms with Crippen molar-refractivity contribution in [1.82, 2.24) is 19.4 Å². The second-order valence-corrected chi connectivity index (χ2v) is 6.14. The second kappa shape index (κ2) is 6.56. The molecule has 0 aromatic carbocycles. The molecular weight excluding hydrogens is 260 g/mol. The molecule has 1 unspecified atom stereocenters. The van der Waals surface area contributed by atoms with Gasteiger partial charge in [-0.3, -0.25) is 0 Å². The number of likely N-dealkylation sites (tertiary alicyclic amines) is 1. The largest absolute Gasteiger partial charge is 0.312 e. The van der Waals surface area contributed by atoms with E-state index in [1.807, 2.05) is 12.3 Å². The van der Waals surface area contributed by atoms with Crippen LogP contribution in [0.2, 0.25) is 0 Å². The summed E-state index contributed by atoms with van der Waals surface area (Å²) in [6, 6.07) is 4.06. The van der Waals surface area contributed by atoms with Crippen LogP contribution in [0.5, 0.6) is 0 Å². The molecule has 4 heteroatoms. The molecule has 0 bridgehead atoms. The molecule has 1 saturated heterocycles. The Hall–Kier alpha value is -1.42. The Morgan fingerprint density at radius 1 is 1.33 bits per heavy atom. The first-order chi connectivity index (χ1) is 10.3. The van der Waals surface area contributed by atoms with Crippen LogP contribution in [0, 0.1) is 5.92 Å². The van der Waals surface area contributed by atoms with Gasteiger partial charge in [0.15, 0.2) is 5.65 Å². The van der Waals surface area contributed by atoms with Gasteiger partial charge in [-0.05, 0) is 50.4 Å². The minimum absolute atomic E-state index is 0.730. The molecule has 2 aromatic rings. The molecule has 0 spiro atoms. The maximum Gasteiger partial charge on any atom is 0.159 e. The summed E-state index contributed by atoms with van der Waals surface area (Å²) in [6.07, 6.45) is 6.71. The van der Waals surface area contributed by atoms with Gasteiger partial charge in [-0.25, -0.2) is 9.97 Å². The van der Waals surface area contributed by atoms with Gasteiger partial charge in [0.05, 0.1) is 0 Å². The van der Waals surface area contributed by atoms with Gasteiger partial charge in [-0.2, -0.15) is 0 Å². The lowest BCUT2D eigenvalue weighted by Gasteiger charge is -2.32. The molecule has 0 amide bonds. The van der Waals surface area contributed by atoms with Crippen molar-refractivity contribution in [1.29, 1.82) is 0 Å². The number of hydrogen-bond donors (Lipinski definition) is 0. The van der Waals surface area contributed by atoms with Crippen molar-refractivity contribution in [2.24, 2.45) is 5.92 Å². The molecule has 0 radical (unpaired) electrons. The van der Waals surface area contributed by atoms with Gasteiger partial charge < -0.3 is 9.47 Å². The van der Waals surface area contributed by atoms with Crippen LogP contribution in [0.25, 0.3) is 11.2 Å². The minimum Gasteiger partial charge on any atom is -0.312 e. The summed E-state index contributed by atoms with van der Waals surface area (Å²) < 4.78 is 2.38. The van der Waals surface area contributed by atoms with E-state index in [2.05, 4.69) is 34.4 Å². The van der Waals surface area contributed by atoms with E-state index in [0.29, 0.717) is 0 Å². The van der Waals surface area contributed by atoms with Crippen LogP contribution < -0.4 is 0 Å². The average Bonchev–Trinajstić information content (AvgIpc) is 2.86. The molecule has 1 fully saturated rings. The summed E-state index contributed by atoms with van der Waals surface area (Å²) in [5.41, 5.74) is 2.11. The normalized spacial score (nSPS) is 20.2. The van der Waals surface area contributed by atoms with Crippen LogP contribution in [-0.4, -0.2) is 39.1 Å². The van der Waals surface area contributed by atoms with E-state index in [9.17, 15) is 0 Å². The highest BCUT2D eigenvalue weighted by molar-refractivity contribution is 5.71. The van der Waals surface area contributed by atoms with Crippen molar-refractivity contribution < 1.29 is 0 Å². The SMILES string of the molecule is CCCc1nc2cccnc2n1CC1CCCN(CC)C1. The Morgan fingerprint density at radius 3 is 3.05 bits per heavy atom. The lowest BCUT2D eigenvalue weighted by molar-refractivity contribution is 0.170. The molecule has 1 atom stereocenters. The van der Waals surface area contributed by atoms with Crippen molar-refractivity contribution in [2.45, 2.75) is 46.1 Å². The first-order valence-corrected chi connectivity index (χ1v) is 8.34. The Balaban J connectivity index is 1.86. The zero-order chi connectivity index (χ0) is 14.7. The fourth-order valence-electron chi connectivity index (χ4n) is 3.46. The molecule has 1 aliphatic rings. The van der Waals surface area contributed by atoms with Gasteiger partial charge in [0, 0.05) is 25.7 Å². The molecule has 114 valence electrons. The number of imidazole rings is 1. The van der Waals surface area contributed by atoms with Crippen molar-refractivity contribution in [3.63, 3.8) is 0 Å². The van der Waals surface area contributed by atoms with Crippen LogP contribution in [0.3, 0.4) is 0 Å². The van der Waals surface area contributed by atoms with Crippen molar-refractivity contribution in [2.75, 3.05) is 19.6 Å². The number of pyridine rings is 1. The second-order valence-electron chi connectivity index (χ2n) is 6.14. The van der Waals surface area contributed by atoms with Gasteiger partial charge in [0.2, 0.25) is 0 Å². The van der Waals surface area contributed by atoms with Crippen LogP contribution in [0.15, 0.2) is 18.3 Å². The maximum absolute atomic E-state index is 4.79. The Morgan fingerprint density at radius 2 is 2.24 bits per heavy atom. The third kappa shape index (κ3) is 3.10. The van der Waals surface area contributed by atoms with Gasteiger partial charge in [-0.15, -0.1) is 0 Å². The molecule has 3 rings (SSSR count). The van der Waals surface area contributed by atoms with E-state index in [-0.39, 0.29) is 0 Å². The number of hydrogen-bond acceptors (Lipinski definition) is 3. The van der Waals surface area contributed by atoms with E-state index in [1.54, 1.807) is 0 Å². The Kier molecular flexibility index (Phi) is 4.54. The standard InChI is InChI=1S/C17H26N4/c1-3-7-16-19-15-9-5-10-18-17(15)21(16)13-14-8-6-11-20(4-2)12-14/h5,9-10,14H,3-4,6-8,11-13H2,1-2H3. The molecule has 3 heterocycles. The fraction of sp³-hybridized carbons (Fsp3) is 0.647. The smallest absolute Gasteiger partial charge is 0.159 e. The number of aryl methyl sites for hydroxylation is 1. The Labute approximate surface area is 127 Å². The number of rotatable bonds is 5. The van der Waals surface area contributed by atoms with E-state index in [4.69, 9.17) is 4.98 Å². The fourth-order valence-corrected chi connectivity index (χ4v) is 3.46. The number of piperidine rings is 1. The predicted octanol–water partition coefficient (Wildman–Crippen LogP) is 3.12. The molecule has 21 heavy (non-hydrogen) atoms. The third-order valence-electron chi connectivity index (χ3n) is 4.55. The molecular formula is C17H26N4. The quantitative estimate of drug-likeness (QED) is 0.847. The van der Waals surface area contributed by atoms with Crippen LogP contribution >= 0.6 is 0 Å². The monoisotopic (exact) mass is 286 g/mol. The third-order valence-corrected chi connectivity index (χ3v) is 4.55. The highest BCUT2D eigenvalue weighted by Crippen LogP contribution is 2.22. The van der Waals surface area contributed by atoms with Crippen LogP contribution in [-0.2, 0) is 13.0 Å². The highest BCUT2D eigenvalue weighted by atomic mass is 15.2. The Bertz CT molecular complexity index is 589. The highest BCUT2D eigenvalue weighted by Gasteiger charge is 2.21. The molecule has 2 aromatic heterocycles. The van der Waals surface area contributed by atoms with Gasteiger partial charge in [0.1, 0.15) is 11.3 Å². The van der Waals surface area contributed by atoms with Crippen LogP contribution in [0.4, 0.5) is 0 Å². The first kappa shape index (κ1) is 14.5. The molecule has 0 N–H and O–H groups in total. The molecule has 1 aliphatic heterocycles. The topological polar surface area (TPSA) is 34.0 Å². The molecule has 4 nitrogen and oxygen atoms in total. The number of aromatic nitrogens is 3. The lowest BCUT2D eigenvalue weighted by Crippen LogP contribution is -2.37. The number of nitrogens with zero attached hydrogens (tertiary/aromatic N) is 4. The van der Waals surface area contributed by atoms with E-state index >= 15 is 0 Å². The summed E-state index contributed by atoms with van der Waals surface area (Å²) in [6.45, 7) is 9.20. The molecule has 0 aliphatic carbocycles. The van der Waals surface area contributed by atoms with E-state index in [0.717, 1.165) is 36.5 Å². The summed E-state index contributed by atoms with van der Waals surface area (Å²) in [7, 11) is 0. The predicted molar refractivity (Wildman–Crippen MR) is 86.4 cm³/mol. The molecule has 0 saturated carbocycles. The minimum atomic E-state index is 0.730. The van der Waals surface area contributed by atoms with Crippen molar-refractivity contribution >= 4 is 11.2 Å². The summed E-state index contributed by atoms with van der Waals surface area (Å²) in [5.74, 6) is 1.94. The average molecular weight is 286 g/mol. The number of fused-ring (bicyclic) bond motifs is 1. The van der Waals surface area contributed by atoms with Gasteiger partial charge in [0.25, 0.3) is 0 Å².